The molecule has 3 unspecified atom stereocenters. The second-order valence-corrected chi connectivity index (χ2v) is 22.6. The summed E-state index contributed by atoms with van der Waals surface area (Å²) in [5, 5.41) is 3.02. The van der Waals surface area contributed by atoms with E-state index in [-0.39, 0.29) is 32.0 Å². The minimum Gasteiger partial charge on any atom is -0.456 e. The Bertz CT molecular complexity index is 1840. The zero-order valence-electron chi connectivity index (χ0n) is 50.3. The van der Waals surface area contributed by atoms with Crippen LogP contribution >= 0.6 is 7.82 Å². The van der Waals surface area contributed by atoms with E-state index in [1.54, 1.807) is 0 Å². The third-order valence-electron chi connectivity index (χ3n) is 12.5. The summed E-state index contributed by atoms with van der Waals surface area (Å²) < 4.78 is 30.6. The Hall–Kier alpha value is -4.11. The second kappa shape index (κ2) is 56.2. The molecule has 2 N–H and O–H groups in total. The summed E-state index contributed by atoms with van der Waals surface area (Å²) >= 11 is 0. The van der Waals surface area contributed by atoms with Crippen LogP contribution < -0.4 is 5.32 Å². The molecule has 78 heavy (non-hydrogen) atoms. The number of phosphoric acid groups is 1. The lowest BCUT2D eigenvalue weighted by Crippen LogP contribution is -2.47. The highest BCUT2D eigenvalue weighted by atomic mass is 31.2. The van der Waals surface area contributed by atoms with Gasteiger partial charge in [0.25, 0.3) is 0 Å². The van der Waals surface area contributed by atoms with E-state index in [1.807, 2.05) is 33.3 Å². The van der Waals surface area contributed by atoms with Crippen LogP contribution in [0, 0.1) is 0 Å². The lowest BCUT2D eigenvalue weighted by Gasteiger charge is -2.27. The predicted octanol–water partition coefficient (Wildman–Crippen LogP) is 19.0. The first-order chi connectivity index (χ1) is 37.9. The summed E-state index contributed by atoms with van der Waals surface area (Å²) in [4.78, 5) is 37.7. The van der Waals surface area contributed by atoms with Gasteiger partial charge in [-0.05, 0) is 122 Å². The summed E-state index contributed by atoms with van der Waals surface area (Å²) in [5.74, 6) is -0.615. The van der Waals surface area contributed by atoms with Gasteiger partial charge in [-0.1, -0.05) is 231 Å². The van der Waals surface area contributed by atoms with Gasteiger partial charge in [0, 0.05) is 12.8 Å². The molecule has 0 aromatic rings. The van der Waals surface area contributed by atoms with E-state index >= 15 is 0 Å². The minimum absolute atomic E-state index is 0.0173. The summed E-state index contributed by atoms with van der Waals surface area (Å²) in [5.41, 5.74) is 0. The molecule has 0 rings (SSSR count). The highest BCUT2D eigenvalue weighted by Gasteiger charge is 2.30. The number of hydrogen-bond donors (Lipinski definition) is 2. The van der Waals surface area contributed by atoms with Gasteiger partial charge in [0.15, 0.2) is 0 Å². The average molecular weight is 1100 g/mol. The Labute approximate surface area is 478 Å². The molecular formula is C68H114N2O7P+. The maximum absolute atomic E-state index is 13.5. The van der Waals surface area contributed by atoms with Crippen LogP contribution in [0.4, 0.5) is 0 Å². The van der Waals surface area contributed by atoms with Crippen molar-refractivity contribution in [2.45, 2.75) is 232 Å². The van der Waals surface area contributed by atoms with Gasteiger partial charge in [-0.15, -0.1) is 0 Å². The number of nitrogens with zero attached hydrogens (tertiary/aromatic N) is 1. The van der Waals surface area contributed by atoms with Gasteiger partial charge in [-0.2, -0.15) is 0 Å². The molecule has 0 aromatic heterocycles. The van der Waals surface area contributed by atoms with Crippen molar-refractivity contribution in [1.82, 2.24) is 5.32 Å². The minimum atomic E-state index is -4.48. The summed E-state index contributed by atoms with van der Waals surface area (Å²) in [6.07, 6.45) is 81.4. The highest BCUT2D eigenvalue weighted by Crippen LogP contribution is 2.43. The van der Waals surface area contributed by atoms with Crippen molar-refractivity contribution in [3.05, 3.63) is 146 Å². The van der Waals surface area contributed by atoms with E-state index in [0.29, 0.717) is 23.9 Å². The topological polar surface area (TPSA) is 111 Å². The maximum atomic E-state index is 13.5. The third-order valence-corrected chi connectivity index (χ3v) is 13.5. The molecule has 0 saturated carbocycles. The molecule has 9 nitrogen and oxygen atoms in total. The van der Waals surface area contributed by atoms with E-state index in [1.165, 1.54) is 51.4 Å². The normalized spacial score (nSPS) is 14.7. The number of rotatable bonds is 53. The zero-order chi connectivity index (χ0) is 57.2. The summed E-state index contributed by atoms with van der Waals surface area (Å²) in [6, 6.07) is -0.896. The van der Waals surface area contributed by atoms with E-state index in [4.69, 9.17) is 13.8 Å². The van der Waals surface area contributed by atoms with E-state index in [2.05, 4.69) is 160 Å². The Morgan fingerprint density at radius 1 is 0.462 bits per heavy atom. The van der Waals surface area contributed by atoms with Crippen LogP contribution in [-0.2, 0) is 27.9 Å². The SMILES string of the molecule is CC/C=C\C/C=C\C/C=C\C/C=C\C/C=C\C/C=C\CCCCCCC(=O)NC(COP(=O)(O)OCC[N+](C)(C)C)C(/C=C\CCCCCCCCCCCC)OC(=O)CCC/C=C\C/C=C\C/C=C\C/C=C\C/C=C\CC. The van der Waals surface area contributed by atoms with Crippen LogP contribution in [0.3, 0.4) is 0 Å². The quantitative estimate of drug-likeness (QED) is 0.0205. The lowest BCUT2D eigenvalue weighted by molar-refractivity contribution is -0.870. The Morgan fingerprint density at radius 3 is 1.26 bits per heavy atom. The molecule has 0 heterocycles. The van der Waals surface area contributed by atoms with Crippen molar-refractivity contribution in [2.75, 3.05) is 40.9 Å². The smallest absolute Gasteiger partial charge is 0.456 e. The van der Waals surface area contributed by atoms with Crippen molar-refractivity contribution < 1.29 is 37.3 Å². The van der Waals surface area contributed by atoms with Crippen LogP contribution in [0.2, 0.25) is 0 Å². The number of unbranched alkanes of at least 4 members (excludes halogenated alkanes) is 15. The fourth-order valence-corrected chi connectivity index (χ4v) is 8.60. The van der Waals surface area contributed by atoms with Crippen molar-refractivity contribution in [2.24, 2.45) is 0 Å². The van der Waals surface area contributed by atoms with E-state index < -0.39 is 25.9 Å². The zero-order valence-corrected chi connectivity index (χ0v) is 51.2. The number of likely N-dealkylation sites (N-methyl/N-ethyl adjacent to an activating group) is 1. The first kappa shape index (κ1) is 73.9. The third kappa shape index (κ3) is 56.6. The predicted molar refractivity (Wildman–Crippen MR) is 336 cm³/mol. The lowest BCUT2D eigenvalue weighted by atomic mass is 10.1. The monoisotopic (exact) mass is 1100 g/mol. The molecule has 442 valence electrons. The van der Waals surface area contributed by atoms with E-state index in [0.717, 1.165) is 122 Å². The summed E-state index contributed by atoms with van der Waals surface area (Å²) in [6.45, 7) is 6.70. The number of allylic oxidation sites excluding steroid dienone is 23. The molecule has 1 amide bonds. The Morgan fingerprint density at radius 2 is 0.833 bits per heavy atom. The molecule has 3 atom stereocenters. The van der Waals surface area contributed by atoms with Crippen LogP contribution in [0.25, 0.3) is 0 Å². The molecule has 0 fully saturated rings. The van der Waals surface area contributed by atoms with Gasteiger partial charge in [0.2, 0.25) is 5.91 Å². The number of carbonyl (C=O) groups excluding carboxylic acids is 2. The van der Waals surface area contributed by atoms with Gasteiger partial charge in [0.05, 0.1) is 33.8 Å². The number of ether oxygens (including phenoxy) is 1. The molecule has 0 aromatic carbocycles. The van der Waals surface area contributed by atoms with Gasteiger partial charge >= 0.3 is 13.8 Å². The molecule has 0 aliphatic carbocycles. The van der Waals surface area contributed by atoms with Crippen molar-refractivity contribution in [3.8, 4) is 0 Å². The number of esters is 1. The van der Waals surface area contributed by atoms with E-state index in [9.17, 15) is 19.0 Å². The molecule has 0 aliphatic heterocycles. The van der Waals surface area contributed by atoms with Crippen LogP contribution in [0.5, 0.6) is 0 Å². The number of nitrogens with one attached hydrogen (secondary N) is 1. The molecular weight excluding hydrogens is 988 g/mol. The van der Waals surface area contributed by atoms with Gasteiger partial charge in [0.1, 0.15) is 19.3 Å². The molecule has 0 saturated heterocycles. The van der Waals surface area contributed by atoms with Crippen LogP contribution in [-0.4, -0.2) is 74.3 Å². The molecule has 0 radical (unpaired) electrons. The first-order valence-electron chi connectivity index (χ1n) is 30.7. The Kier molecular flexibility index (Phi) is 53.2. The first-order valence-corrected chi connectivity index (χ1v) is 32.2. The maximum Gasteiger partial charge on any atom is 0.472 e. The highest BCUT2D eigenvalue weighted by molar-refractivity contribution is 7.47. The largest absolute Gasteiger partial charge is 0.472 e. The fraction of sp³-hybridized carbons (Fsp3) is 0.618. The van der Waals surface area contributed by atoms with Crippen molar-refractivity contribution in [1.29, 1.82) is 0 Å². The standard InChI is InChI=1S/C68H113N2O7P/c1-7-10-13-16-19-22-25-28-30-32-33-34-35-36-37-39-40-42-45-48-51-54-57-60-67(71)69-65(64-76-78(73,74)75-63-62-70(4,5)6)66(59-56-53-50-47-44-27-24-21-18-15-12-9-3)77-68(72)61-58-55-52-49-46-43-41-38-31-29-26-23-20-17-14-11-8-2/h10-11,13-14,19-20,22-23,28-31,33-34,36-37,40-43,49,52,56,59,65-66H,7-9,12,15-18,21,24-27,32,35,38-39,44-48,50-51,53-55,57-58,60-64H2,1-6H3,(H-,69,71,73,74)/p+1/b13-10-,14-11-,22-19-,23-20-,30-28-,31-29-,34-33-,37-36-,42-40-,43-41-,52-49-,59-56-. The number of quaternary nitrogens is 1. The Balaban J connectivity index is 5.40. The van der Waals surface area contributed by atoms with Gasteiger partial charge in [-0.25, -0.2) is 4.57 Å². The van der Waals surface area contributed by atoms with Crippen LogP contribution in [0.1, 0.15) is 220 Å². The number of amides is 1. The number of phosphoric ester groups is 1. The second-order valence-electron chi connectivity index (χ2n) is 21.1. The summed E-state index contributed by atoms with van der Waals surface area (Å²) in [7, 11) is 1.42. The van der Waals surface area contributed by atoms with Crippen LogP contribution in [0.15, 0.2) is 146 Å². The molecule has 0 aliphatic rings. The van der Waals surface area contributed by atoms with Crippen molar-refractivity contribution in [3.63, 3.8) is 0 Å². The van der Waals surface area contributed by atoms with Crippen molar-refractivity contribution >= 4 is 19.7 Å². The molecule has 0 spiro atoms. The number of hydrogen-bond acceptors (Lipinski definition) is 6. The fourth-order valence-electron chi connectivity index (χ4n) is 7.86. The molecule has 0 bridgehead atoms. The van der Waals surface area contributed by atoms with Gasteiger partial charge < -0.3 is 19.4 Å². The number of carbonyl (C=O) groups is 2. The average Bonchev–Trinajstić information content (AvgIpc) is 3.40. The van der Waals surface area contributed by atoms with Gasteiger partial charge in [-0.3, -0.25) is 18.6 Å². The molecule has 10 heteroatoms.